The van der Waals surface area contributed by atoms with Crippen molar-refractivity contribution in [3.8, 4) is 0 Å². The van der Waals surface area contributed by atoms with Gasteiger partial charge in [0.15, 0.2) is 0 Å². The Bertz CT molecular complexity index is 354. The number of hydrogen-bond donors (Lipinski definition) is 0. The number of nitrogens with zero attached hydrogens (tertiary/aromatic N) is 2. The highest BCUT2D eigenvalue weighted by Crippen LogP contribution is 2.28. The van der Waals surface area contributed by atoms with Gasteiger partial charge in [-0.2, -0.15) is 0 Å². The quantitative estimate of drug-likeness (QED) is 0.782. The van der Waals surface area contributed by atoms with Crippen LogP contribution in [0.3, 0.4) is 0 Å². The third-order valence-electron chi connectivity index (χ3n) is 3.32. The molecule has 1 aromatic carbocycles. The van der Waals surface area contributed by atoms with E-state index in [4.69, 9.17) is 11.6 Å². The summed E-state index contributed by atoms with van der Waals surface area (Å²) in [6.45, 7) is 8.95. The molecule has 0 spiro atoms. The Balaban J connectivity index is 2.14. The van der Waals surface area contributed by atoms with Gasteiger partial charge in [0.05, 0.1) is 10.7 Å². The summed E-state index contributed by atoms with van der Waals surface area (Å²) < 4.78 is 0. The van der Waals surface area contributed by atoms with Crippen molar-refractivity contribution in [3.05, 3.63) is 29.3 Å². The molecule has 0 saturated carbocycles. The van der Waals surface area contributed by atoms with Crippen molar-refractivity contribution in [2.45, 2.75) is 19.9 Å². The van der Waals surface area contributed by atoms with Gasteiger partial charge in [0.25, 0.3) is 0 Å². The molecule has 1 heterocycles. The first-order chi connectivity index (χ1) is 7.72. The Labute approximate surface area is 103 Å². The van der Waals surface area contributed by atoms with Gasteiger partial charge in [0, 0.05) is 25.7 Å². The van der Waals surface area contributed by atoms with Crippen LogP contribution in [0.2, 0.25) is 5.02 Å². The lowest BCUT2D eigenvalue weighted by molar-refractivity contribution is 0.240. The van der Waals surface area contributed by atoms with Crippen LogP contribution in [0.25, 0.3) is 0 Å². The van der Waals surface area contributed by atoms with Crippen molar-refractivity contribution < 1.29 is 0 Å². The van der Waals surface area contributed by atoms with Gasteiger partial charge in [-0.25, -0.2) is 0 Å². The van der Waals surface area contributed by atoms with Crippen LogP contribution in [0.1, 0.15) is 13.8 Å². The summed E-state index contributed by atoms with van der Waals surface area (Å²) in [5, 5.41) is 0.860. The zero-order valence-corrected chi connectivity index (χ0v) is 10.7. The number of likely N-dealkylation sites (N-methyl/N-ethyl adjacent to an activating group) is 1. The summed E-state index contributed by atoms with van der Waals surface area (Å²) in [6.07, 6.45) is 0. The van der Waals surface area contributed by atoms with E-state index in [0.29, 0.717) is 6.04 Å². The van der Waals surface area contributed by atoms with Crippen LogP contribution in [-0.4, -0.2) is 37.1 Å². The average Bonchev–Trinajstić information content (AvgIpc) is 2.30. The van der Waals surface area contributed by atoms with E-state index in [1.165, 1.54) is 5.69 Å². The van der Waals surface area contributed by atoms with Gasteiger partial charge < -0.3 is 4.90 Å². The molecule has 1 aliphatic heterocycles. The molecular weight excluding hydrogens is 220 g/mol. The van der Waals surface area contributed by atoms with Crippen molar-refractivity contribution >= 4 is 17.3 Å². The minimum atomic E-state index is 0.536. The summed E-state index contributed by atoms with van der Waals surface area (Å²) in [5.74, 6) is 0. The van der Waals surface area contributed by atoms with Crippen LogP contribution in [-0.2, 0) is 0 Å². The number of piperazine rings is 1. The monoisotopic (exact) mass is 238 g/mol. The maximum absolute atomic E-state index is 6.24. The van der Waals surface area contributed by atoms with E-state index in [1.54, 1.807) is 0 Å². The highest BCUT2D eigenvalue weighted by Gasteiger charge is 2.23. The summed E-state index contributed by atoms with van der Waals surface area (Å²) in [5.41, 5.74) is 1.17. The molecule has 1 fully saturated rings. The largest absolute Gasteiger partial charge is 0.365 e. The molecule has 0 N–H and O–H groups in total. The molecule has 2 nitrogen and oxygen atoms in total. The second kappa shape index (κ2) is 5.07. The van der Waals surface area contributed by atoms with Crippen molar-refractivity contribution in [1.82, 2.24) is 4.90 Å². The number of benzene rings is 1. The molecule has 0 aromatic heterocycles. The van der Waals surface area contributed by atoms with Gasteiger partial charge in [-0.1, -0.05) is 30.7 Å². The Morgan fingerprint density at radius 2 is 2.06 bits per heavy atom. The molecule has 88 valence electrons. The molecule has 1 saturated heterocycles. The fourth-order valence-corrected chi connectivity index (χ4v) is 2.61. The summed E-state index contributed by atoms with van der Waals surface area (Å²) in [7, 11) is 0. The third-order valence-corrected chi connectivity index (χ3v) is 3.64. The van der Waals surface area contributed by atoms with Crippen molar-refractivity contribution in [1.29, 1.82) is 0 Å². The fraction of sp³-hybridized carbons (Fsp3) is 0.538. The molecular formula is C13H19ClN2. The molecule has 0 radical (unpaired) electrons. The zero-order chi connectivity index (χ0) is 11.5. The van der Waals surface area contributed by atoms with Crippen LogP contribution in [0, 0.1) is 0 Å². The standard InChI is InChI=1S/C13H19ClN2/c1-3-15-8-9-16(11(2)10-15)13-7-5-4-6-12(13)14/h4-7,11H,3,8-10H2,1-2H3. The van der Waals surface area contributed by atoms with E-state index in [9.17, 15) is 0 Å². The van der Waals surface area contributed by atoms with Crippen LogP contribution in [0.4, 0.5) is 5.69 Å². The van der Waals surface area contributed by atoms with E-state index in [1.807, 2.05) is 12.1 Å². The predicted octanol–water partition coefficient (Wildman–Crippen LogP) is 2.87. The summed E-state index contributed by atoms with van der Waals surface area (Å²) >= 11 is 6.24. The van der Waals surface area contributed by atoms with E-state index < -0.39 is 0 Å². The van der Waals surface area contributed by atoms with Gasteiger partial charge in [0.1, 0.15) is 0 Å². The number of rotatable bonds is 2. The second-order valence-electron chi connectivity index (χ2n) is 4.39. The van der Waals surface area contributed by atoms with Crippen LogP contribution in [0.5, 0.6) is 0 Å². The number of halogens is 1. The minimum Gasteiger partial charge on any atom is -0.365 e. The fourth-order valence-electron chi connectivity index (χ4n) is 2.36. The molecule has 1 atom stereocenters. The highest BCUT2D eigenvalue weighted by molar-refractivity contribution is 6.33. The SMILES string of the molecule is CCN1CCN(c2ccccc2Cl)C(C)C1. The smallest absolute Gasteiger partial charge is 0.0639 e. The van der Waals surface area contributed by atoms with Gasteiger partial charge in [-0.05, 0) is 25.6 Å². The van der Waals surface area contributed by atoms with E-state index in [2.05, 4.69) is 35.8 Å². The van der Waals surface area contributed by atoms with Crippen molar-refractivity contribution in [2.24, 2.45) is 0 Å². The molecule has 3 heteroatoms. The molecule has 1 aliphatic rings. The van der Waals surface area contributed by atoms with Crippen LogP contribution >= 0.6 is 11.6 Å². The maximum Gasteiger partial charge on any atom is 0.0639 e. The number of anilines is 1. The lowest BCUT2D eigenvalue weighted by Crippen LogP contribution is -2.51. The van der Waals surface area contributed by atoms with Crippen molar-refractivity contribution in [3.63, 3.8) is 0 Å². The number of hydrogen-bond acceptors (Lipinski definition) is 2. The normalized spacial score (nSPS) is 22.4. The van der Waals surface area contributed by atoms with Gasteiger partial charge in [-0.15, -0.1) is 0 Å². The summed E-state index contributed by atoms with van der Waals surface area (Å²) in [4.78, 5) is 4.90. The molecule has 0 aliphatic carbocycles. The first-order valence-corrected chi connectivity index (χ1v) is 6.33. The molecule has 2 rings (SSSR count). The minimum absolute atomic E-state index is 0.536. The zero-order valence-electron chi connectivity index (χ0n) is 9.99. The first-order valence-electron chi connectivity index (χ1n) is 5.96. The Kier molecular flexibility index (Phi) is 3.72. The molecule has 16 heavy (non-hydrogen) atoms. The lowest BCUT2D eigenvalue weighted by Gasteiger charge is -2.41. The Morgan fingerprint density at radius 1 is 1.31 bits per heavy atom. The predicted molar refractivity (Wildman–Crippen MR) is 70.4 cm³/mol. The molecule has 1 unspecified atom stereocenters. The van der Waals surface area contributed by atoms with Gasteiger partial charge >= 0.3 is 0 Å². The van der Waals surface area contributed by atoms with Crippen molar-refractivity contribution in [2.75, 3.05) is 31.1 Å². The van der Waals surface area contributed by atoms with E-state index in [0.717, 1.165) is 31.2 Å². The van der Waals surface area contributed by atoms with Gasteiger partial charge in [-0.3, -0.25) is 4.90 Å². The summed E-state index contributed by atoms with van der Waals surface area (Å²) in [6, 6.07) is 8.66. The van der Waals surface area contributed by atoms with E-state index >= 15 is 0 Å². The van der Waals surface area contributed by atoms with Crippen LogP contribution < -0.4 is 4.90 Å². The average molecular weight is 239 g/mol. The van der Waals surface area contributed by atoms with Gasteiger partial charge in [0.2, 0.25) is 0 Å². The van der Waals surface area contributed by atoms with Crippen LogP contribution in [0.15, 0.2) is 24.3 Å². The number of para-hydroxylation sites is 1. The molecule has 0 bridgehead atoms. The Morgan fingerprint density at radius 3 is 2.69 bits per heavy atom. The van der Waals surface area contributed by atoms with E-state index in [-0.39, 0.29) is 0 Å². The molecule has 1 aromatic rings. The third kappa shape index (κ3) is 2.33. The lowest BCUT2D eigenvalue weighted by atomic mass is 10.1. The highest BCUT2D eigenvalue weighted by atomic mass is 35.5. The first kappa shape index (κ1) is 11.7. The Hall–Kier alpha value is -0.730. The topological polar surface area (TPSA) is 6.48 Å². The maximum atomic E-state index is 6.24. The second-order valence-corrected chi connectivity index (χ2v) is 4.79. The molecule has 0 amide bonds.